The van der Waals surface area contributed by atoms with Crippen molar-refractivity contribution in [3.05, 3.63) is 60.2 Å². The first kappa shape index (κ1) is 19.9. The van der Waals surface area contributed by atoms with Crippen LogP contribution in [0.25, 0.3) is 0 Å². The second-order valence-electron chi connectivity index (χ2n) is 7.85. The van der Waals surface area contributed by atoms with Crippen molar-refractivity contribution in [2.75, 3.05) is 31.6 Å². The molecule has 0 radical (unpaired) electrons. The quantitative estimate of drug-likeness (QED) is 0.780. The zero-order valence-corrected chi connectivity index (χ0v) is 16.5. The van der Waals surface area contributed by atoms with Crippen LogP contribution >= 0.6 is 0 Å². The zero-order chi connectivity index (χ0) is 19.3. The van der Waals surface area contributed by atoms with Crippen LogP contribution in [-0.4, -0.2) is 48.0 Å². The number of hydrogen-bond acceptors (Lipinski definition) is 4. The van der Waals surface area contributed by atoms with Gasteiger partial charge in [-0.25, -0.2) is 0 Å². The van der Waals surface area contributed by atoms with Gasteiger partial charge in [0.2, 0.25) is 0 Å². The number of likely N-dealkylation sites (tertiary alicyclic amines) is 1. The number of hydrogen-bond donors (Lipinski definition) is 2. The summed E-state index contributed by atoms with van der Waals surface area (Å²) < 4.78 is 0. The fourth-order valence-electron chi connectivity index (χ4n) is 4.24. The van der Waals surface area contributed by atoms with E-state index in [9.17, 15) is 10.2 Å². The summed E-state index contributed by atoms with van der Waals surface area (Å²) in [4.78, 5) is 4.55. The number of aliphatic hydroxyl groups excluding tert-OH is 2. The molecule has 2 N–H and O–H groups in total. The number of aliphatic hydroxyl groups is 2. The third kappa shape index (κ3) is 4.52. The van der Waals surface area contributed by atoms with Gasteiger partial charge in [-0.1, -0.05) is 43.7 Å². The molecule has 0 saturated carbocycles. The molecule has 0 unspecified atom stereocenters. The molecule has 4 nitrogen and oxygen atoms in total. The third-order valence-electron chi connectivity index (χ3n) is 5.90. The summed E-state index contributed by atoms with van der Waals surface area (Å²) in [6.45, 7) is 4.65. The lowest BCUT2D eigenvalue weighted by molar-refractivity contribution is -0.0819. The SMILES string of the molecule is CCC[C@@]1(CO)CN(Cc2ccc(N(C)c3ccccc3)cc2)CC[C@H]1O. The minimum absolute atomic E-state index is 0.0549. The number of benzene rings is 2. The minimum atomic E-state index is -0.402. The van der Waals surface area contributed by atoms with E-state index in [4.69, 9.17) is 0 Å². The predicted octanol–water partition coefficient (Wildman–Crippen LogP) is 3.80. The summed E-state index contributed by atoms with van der Waals surface area (Å²) in [6, 6.07) is 19.0. The highest BCUT2D eigenvalue weighted by Gasteiger charge is 2.41. The first-order valence-electron chi connectivity index (χ1n) is 9.97. The van der Waals surface area contributed by atoms with Crippen molar-refractivity contribution in [1.82, 2.24) is 4.90 Å². The van der Waals surface area contributed by atoms with E-state index in [2.05, 4.69) is 72.3 Å². The Morgan fingerprint density at radius 2 is 1.74 bits per heavy atom. The number of anilines is 2. The maximum atomic E-state index is 10.4. The predicted molar refractivity (Wildman–Crippen MR) is 111 cm³/mol. The van der Waals surface area contributed by atoms with Crippen molar-refractivity contribution >= 4 is 11.4 Å². The van der Waals surface area contributed by atoms with Crippen LogP contribution in [0.2, 0.25) is 0 Å². The van der Waals surface area contributed by atoms with Gasteiger partial charge in [-0.2, -0.15) is 0 Å². The van der Waals surface area contributed by atoms with Crippen LogP contribution in [0.3, 0.4) is 0 Å². The van der Waals surface area contributed by atoms with Crippen LogP contribution in [0.1, 0.15) is 31.7 Å². The summed E-state index contributed by atoms with van der Waals surface area (Å²) in [5.74, 6) is 0. The highest BCUT2D eigenvalue weighted by molar-refractivity contribution is 5.62. The normalized spacial score (nSPS) is 23.3. The van der Waals surface area contributed by atoms with Gasteiger partial charge in [0.05, 0.1) is 12.7 Å². The molecule has 0 amide bonds. The first-order valence-corrected chi connectivity index (χ1v) is 9.97. The van der Waals surface area contributed by atoms with Crippen molar-refractivity contribution in [3.8, 4) is 0 Å². The van der Waals surface area contributed by atoms with Crippen LogP contribution in [0.5, 0.6) is 0 Å². The van der Waals surface area contributed by atoms with Crippen molar-refractivity contribution in [2.24, 2.45) is 5.41 Å². The van der Waals surface area contributed by atoms with Crippen LogP contribution in [0, 0.1) is 5.41 Å². The van der Waals surface area contributed by atoms with Crippen LogP contribution in [-0.2, 0) is 6.54 Å². The Bertz CT molecular complexity index is 704. The molecule has 146 valence electrons. The molecule has 4 heteroatoms. The van der Waals surface area contributed by atoms with Crippen molar-refractivity contribution in [1.29, 1.82) is 0 Å². The summed E-state index contributed by atoms with van der Waals surface area (Å²) in [5.41, 5.74) is 3.22. The minimum Gasteiger partial charge on any atom is -0.396 e. The van der Waals surface area contributed by atoms with E-state index in [1.54, 1.807) is 0 Å². The van der Waals surface area contributed by atoms with Crippen LogP contribution in [0.15, 0.2) is 54.6 Å². The molecule has 1 aliphatic rings. The third-order valence-corrected chi connectivity index (χ3v) is 5.90. The van der Waals surface area contributed by atoms with Gasteiger partial charge in [0.1, 0.15) is 0 Å². The monoisotopic (exact) mass is 368 g/mol. The maximum absolute atomic E-state index is 10.4. The number of piperidine rings is 1. The van der Waals surface area contributed by atoms with Gasteiger partial charge >= 0.3 is 0 Å². The van der Waals surface area contributed by atoms with Crippen molar-refractivity contribution < 1.29 is 10.2 Å². The molecule has 27 heavy (non-hydrogen) atoms. The molecule has 1 aliphatic heterocycles. The summed E-state index contributed by atoms with van der Waals surface area (Å²) in [6.07, 6.45) is 2.17. The molecule has 1 saturated heterocycles. The Balaban J connectivity index is 1.66. The molecule has 0 spiro atoms. The fraction of sp³-hybridized carbons (Fsp3) is 0.478. The molecule has 0 aliphatic carbocycles. The van der Waals surface area contributed by atoms with Gasteiger partial charge in [-0.15, -0.1) is 0 Å². The second-order valence-corrected chi connectivity index (χ2v) is 7.85. The largest absolute Gasteiger partial charge is 0.396 e. The Morgan fingerprint density at radius 3 is 2.37 bits per heavy atom. The Morgan fingerprint density at radius 1 is 1.07 bits per heavy atom. The average molecular weight is 369 g/mol. The zero-order valence-electron chi connectivity index (χ0n) is 16.5. The molecule has 0 bridgehead atoms. The molecule has 1 heterocycles. The van der Waals surface area contributed by atoms with E-state index < -0.39 is 6.10 Å². The molecule has 3 rings (SSSR count). The maximum Gasteiger partial charge on any atom is 0.0642 e. The smallest absolute Gasteiger partial charge is 0.0642 e. The van der Waals surface area contributed by atoms with Gasteiger partial charge in [0.25, 0.3) is 0 Å². The highest BCUT2D eigenvalue weighted by Crippen LogP contribution is 2.35. The molecular weight excluding hydrogens is 336 g/mol. The second kappa shape index (κ2) is 8.87. The summed E-state index contributed by atoms with van der Waals surface area (Å²) >= 11 is 0. The van der Waals surface area contributed by atoms with E-state index in [0.717, 1.165) is 44.6 Å². The van der Waals surface area contributed by atoms with Gasteiger partial charge in [-0.3, -0.25) is 4.90 Å². The molecule has 1 fully saturated rings. The topological polar surface area (TPSA) is 46.9 Å². The average Bonchev–Trinajstić information content (AvgIpc) is 2.71. The van der Waals surface area contributed by atoms with Crippen LogP contribution < -0.4 is 4.90 Å². The number of rotatable bonds is 7. The highest BCUT2D eigenvalue weighted by atomic mass is 16.3. The lowest BCUT2D eigenvalue weighted by Crippen LogP contribution is -2.53. The van der Waals surface area contributed by atoms with Gasteiger partial charge < -0.3 is 15.1 Å². The molecule has 2 aromatic carbocycles. The lowest BCUT2D eigenvalue weighted by atomic mass is 9.74. The lowest BCUT2D eigenvalue weighted by Gasteiger charge is -2.45. The first-order chi connectivity index (χ1) is 13.1. The van der Waals surface area contributed by atoms with Crippen molar-refractivity contribution in [3.63, 3.8) is 0 Å². The van der Waals surface area contributed by atoms with E-state index >= 15 is 0 Å². The molecular formula is C23H32N2O2. The Labute approximate surface area is 163 Å². The van der Waals surface area contributed by atoms with Crippen molar-refractivity contribution in [2.45, 2.75) is 38.8 Å². The Kier molecular flexibility index (Phi) is 6.53. The molecule has 2 atom stereocenters. The summed E-state index contributed by atoms with van der Waals surface area (Å²) in [5, 5.41) is 20.4. The number of nitrogens with zero attached hydrogens (tertiary/aromatic N) is 2. The van der Waals surface area contributed by atoms with E-state index in [1.807, 2.05) is 6.07 Å². The van der Waals surface area contributed by atoms with E-state index in [-0.39, 0.29) is 12.0 Å². The fourth-order valence-corrected chi connectivity index (χ4v) is 4.24. The van der Waals surface area contributed by atoms with Gasteiger partial charge in [0, 0.05) is 43.5 Å². The molecule has 0 aromatic heterocycles. The molecule has 2 aromatic rings. The summed E-state index contributed by atoms with van der Waals surface area (Å²) in [7, 11) is 2.08. The van der Waals surface area contributed by atoms with Gasteiger partial charge in [0.15, 0.2) is 0 Å². The number of para-hydroxylation sites is 1. The standard InChI is InChI=1S/C23H32N2O2/c1-3-14-23(18-26)17-25(15-13-22(23)27)16-19-9-11-21(12-10-19)24(2)20-7-5-4-6-8-20/h4-12,22,26-27H,3,13-18H2,1-2H3/t22-,23+/m1/s1. The van der Waals surface area contributed by atoms with Crippen LogP contribution in [0.4, 0.5) is 11.4 Å². The van der Waals surface area contributed by atoms with E-state index in [1.165, 1.54) is 11.3 Å². The van der Waals surface area contributed by atoms with Gasteiger partial charge in [-0.05, 0) is 42.7 Å². The Hall–Kier alpha value is -1.88. The van der Waals surface area contributed by atoms with E-state index in [0.29, 0.717) is 0 Å².